The monoisotopic (exact) mass is 423 g/mol. The maximum Gasteiger partial charge on any atom is 0.218 e. The average Bonchev–Trinajstić information content (AvgIpc) is 3.26. The van der Waals surface area contributed by atoms with E-state index in [9.17, 15) is 9.59 Å². The minimum absolute atomic E-state index is 0.0488. The van der Waals surface area contributed by atoms with Crippen molar-refractivity contribution in [2.24, 2.45) is 0 Å². The molecule has 5 nitrogen and oxygen atoms in total. The Balaban J connectivity index is 0.000000302. The fourth-order valence-corrected chi connectivity index (χ4v) is 3.93. The summed E-state index contributed by atoms with van der Waals surface area (Å²) in [5, 5.41) is 2.20. The van der Waals surface area contributed by atoms with Crippen LogP contribution in [-0.2, 0) is 21.8 Å². The first-order valence-corrected chi connectivity index (χ1v) is 10.9. The van der Waals surface area contributed by atoms with E-state index in [0.29, 0.717) is 12.2 Å². The Hall–Kier alpha value is -2.99. The molecule has 1 N–H and O–H groups in total. The van der Waals surface area contributed by atoms with Gasteiger partial charge in [0.05, 0.1) is 12.0 Å². The number of nitrogens with one attached hydrogen (secondary N) is 1. The van der Waals surface area contributed by atoms with E-state index < -0.39 is 5.37 Å². The summed E-state index contributed by atoms with van der Waals surface area (Å²) in [4.78, 5) is 23.7. The van der Waals surface area contributed by atoms with Crippen LogP contribution in [0.25, 0.3) is 0 Å². The van der Waals surface area contributed by atoms with Gasteiger partial charge in [-0.05, 0) is 42.7 Å². The molecule has 2 aliphatic rings. The third kappa shape index (κ3) is 7.12. The van der Waals surface area contributed by atoms with Gasteiger partial charge < -0.3 is 14.5 Å². The van der Waals surface area contributed by atoms with E-state index in [1.54, 1.807) is 6.26 Å². The van der Waals surface area contributed by atoms with Crippen LogP contribution in [0.3, 0.4) is 0 Å². The predicted octanol–water partition coefficient (Wildman–Crippen LogP) is 5.36. The van der Waals surface area contributed by atoms with Gasteiger partial charge in [0.2, 0.25) is 5.91 Å². The van der Waals surface area contributed by atoms with Crippen molar-refractivity contribution in [3.63, 3.8) is 0 Å². The van der Waals surface area contributed by atoms with E-state index in [1.807, 2.05) is 54.6 Å². The topological polar surface area (TPSA) is 68.5 Å². The molecular weight excluding hydrogens is 398 g/mol. The first kappa shape index (κ1) is 21.7. The molecule has 1 atom stereocenters. The molecule has 5 rings (SSSR count). The smallest absolute Gasteiger partial charge is 0.218 e. The number of Topliss-reactive ketones (excluding diaryl/α,β-unsaturated/α-hetero) is 1. The van der Waals surface area contributed by atoms with Crippen molar-refractivity contribution in [2.45, 2.75) is 37.3 Å². The normalized spacial score (nSPS) is 11.9. The molecule has 2 aromatic carbocycles. The van der Waals surface area contributed by atoms with E-state index >= 15 is 0 Å². The quantitative estimate of drug-likeness (QED) is 0.367. The lowest BCUT2D eigenvalue weighted by Gasteiger charge is -2.15. The number of carbonyl (C=O) groups excluding carboxylic acids is 2. The van der Waals surface area contributed by atoms with Crippen molar-refractivity contribution in [1.82, 2.24) is 5.32 Å². The zero-order valence-electron chi connectivity index (χ0n) is 16.9. The Morgan fingerprint density at radius 1 is 1.00 bits per heavy atom. The molecule has 0 spiro atoms. The van der Waals surface area contributed by atoms with Crippen LogP contribution >= 0.6 is 11.8 Å². The molecule has 0 unspecified atom stereocenters. The summed E-state index contributed by atoms with van der Waals surface area (Å²) in [5.41, 5.74) is 1.22. The Morgan fingerprint density at radius 2 is 1.73 bits per heavy atom. The molecule has 156 valence electrons. The maximum absolute atomic E-state index is 12.4. The number of aryl methyl sites for hydroxylation is 1. The lowest BCUT2D eigenvalue weighted by Crippen LogP contribution is -2.37. The molecule has 0 fully saturated rings. The summed E-state index contributed by atoms with van der Waals surface area (Å²) in [6.45, 7) is 1.43. The number of amides is 1. The van der Waals surface area contributed by atoms with Gasteiger partial charge in [0.25, 0.3) is 0 Å². The van der Waals surface area contributed by atoms with Crippen LogP contribution in [0.4, 0.5) is 0 Å². The number of ether oxygens (including phenoxy) is 1. The molecular formula is C24H25NO4S. The maximum atomic E-state index is 12.4. The van der Waals surface area contributed by atoms with Crippen molar-refractivity contribution in [3.8, 4) is 11.5 Å². The SMILES string of the molecule is CC(=O)N[C@@H](SCc1ccco1)C(=O)CCCc1ccccc1.c1cc2cc(c1)O2. The van der Waals surface area contributed by atoms with E-state index in [0.717, 1.165) is 30.1 Å². The van der Waals surface area contributed by atoms with E-state index in [2.05, 4.69) is 17.4 Å². The van der Waals surface area contributed by atoms with Crippen LogP contribution in [0, 0.1) is 0 Å². The first-order chi connectivity index (χ1) is 14.6. The highest BCUT2D eigenvalue weighted by Gasteiger charge is 2.20. The molecule has 0 radical (unpaired) electrons. The van der Waals surface area contributed by atoms with Gasteiger partial charge in [-0.2, -0.15) is 0 Å². The summed E-state index contributed by atoms with van der Waals surface area (Å²) >= 11 is 1.39. The van der Waals surface area contributed by atoms with Gasteiger partial charge in [0, 0.05) is 19.4 Å². The van der Waals surface area contributed by atoms with E-state index in [1.165, 1.54) is 24.2 Å². The second-order valence-corrected chi connectivity index (χ2v) is 7.95. The first-order valence-electron chi connectivity index (χ1n) is 9.86. The van der Waals surface area contributed by atoms with Crippen LogP contribution in [0.15, 0.2) is 77.4 Å². The summed E-state index contributed by atoms with van der Waals surface area (Å²) in [7, 11) is 0. The van der Waals surface area contributed by atoms with Crippen LogP contribution in [0.2, 0.25) is 0 Å². The summed E-state index contributed by atoms with van der Waals surface area (Å²) in [6, 6.07) is 21.6. The van der Waals surface area contributed by atoms with Gasteiger partial charge in [0.15, 0.2) is 5.78 Å². The van der Waals surface area contributed by atoms with Crippen molar-refractivity contribution >= 4 is 23.5 Å². The lowest BCUT2D eigenvalue weighted by molar-refractivity contribution is -0.124. The highest BCUT2D eigenvalue weighted by molar-refractivity contribution is 7.99. The molecule has 0 saturated heterocycles. The average molecular weight is 424 g/mol. The van der Waals surface area contributed by atoms with Crippen LogP contribution in [-0.4, -0.2) is 17.1 Å². The number of furan rings is 1. The minimum Gasteiger partial charge on any atom is -0.468 e. The molecule has 2 aliphatic heterocycles. The second kappa shape index (κ2) is 11.3. The Labute approximate surface area is 180 Å². The van der Waals surface area contributed by atoms with Gasteiger partial charge in [0.1, 0.15) is 22.6 Å². The fourth-order valence-electron chi connectivity index (χ4n) is 2.88. The standard InChI is InChI=1S/C18H21NO3S.C6H4O/c1-14(20)19-18(23-13-16-10-6-12-22-16)17(21)11-5-9-15-7-3-2-4-8-15;1-2-5-4-6(3-1)7-5/h2-4,6-8,10,12,18H,5,9,11,13H2,1H3,(H,19,20);1-4H/t18-;/m0./s1. The predicted molar refractivity (Wildman–Crippen MR) is 119 cm³/mol. The largest absolute Gasteiger partial charge is 0.468 e. The molecule has 0 saturated carbocycles. The number of fused-ring (bicyclic) bond motifs is 2. The molecule has 3 heterocycles. The van der Waals surface area contributed by atoms with E-state index in [4.69, 9.17) is 9.15 Å². The van der Waals surface area contributed by atoms with Gasteiger partial charge in [-0.3, -0.25) is 9.59 Å². The number of ketones is 1. The summed E-state index contributed by atoms with van der Waals surface area (Å²) < 4.78 is 10.3. The molecule has 30 heavy (non-hydrogen) atoms. The van der Waals surface area contributed by atoms with Crippen molar-refractivity contribution in [1.29, 1.82) is 0 Å². The Bertz CT molecular complexity index is 916. The van der Waals surface area contributed by atoms with Gasteiger partial charge in [-0.25, -0.2) is 0 Å². The van der Waals surface area contributed by atoms with Crippen LogP contribution in [0.5, 0.6) is 11.5 Å². The highest BCUT2D eigenvalue weighted by atomic mass is 32.2. The molecule has 2 bridgehead atoms. The van der Waals surface area contributed by atoms with E-state index in [-0.39, 0.29) is 11.7 Å². The van der Waals surface area contributed by atoms with Crippen molar-refractivity contribution < 1.29 is 18.7 Å². The highest BCUT2D eigenvalue weighted by Crippen LogP contribution is 2.32. The zero-order chi connectivity index (χ0) is 21.2. The lowest BCUT2D eigenvalue weighted by atomic mass is 10.1. The summed E-state index contributed by atoms with van der Waals surface area (Å²) in [6.07, 6.45) is 3.69. The molecule has 1 aromatic heterocycles. The number of rotatable bonds is 9. The van der Waals surface area contributed by atoms with Crippen LogP contribution in [0.1, 0.15) is 31.1 Å². The molecule has 1 amide bonds. The molecule has 6 heteroatoms. The van der Waals surface area contributed by atoms with Gasteiger partial charge in [-0.1, -0.05) is 36.4 Å². The van der Waals surface area contributed by atoms with Gasteiger partial charge >= 0.3 is 0 Å². The number of benzene rings is 2. The number of thioether (sulfide) groups is 1. The second-order valence-electron chi connectivity index (χ2n) is 6.85. The van der Waals surface area contributed by atoms with Crippen LogP contribution < -0.4 is 10.1 Å². The van der Waals surface area contributed by atoms with Crippen molar-refractivity contribution in [2.75, 3.05) is 0 Å². The summed E-state index contributed by atoms with van der Waals surface area (Å²) in [5.74, 6) is 3.17. The third-order valence-corrected chi connectivity index (χ3v) is 5.54. The number of hydrogen-bond donors (Lipinski definition) is 1. The molecule has 3 aromatic rings. The Kier molecular flexibility index (Phi) is 8.15. The number of carbonyl (C=O) groups is 2. The minimum atomic E-state index is -0.520. The number of hydrogen-bond acceptors (Lipinski definition) is 5. The van der Waals surface area contributed by atoms with Gasteiger partial charge in [-0.15, -0.1) is 11.8 Å². The zero-order valence-corrected chi connectivity index (χ0v) is 17.7. The fraction of sp³-hybridized carbons (Fsp3) is 0.250. The third-order valence-electron chi connectivity index (χ3n) is 4.37. The Morgan fingerprint density at radius 3 is 2.27 bits per heavy atom. The van der Waals surface area contributed by atoms with Crippen molar-refractivity contribution in [3.05, 3.63) is 84.3 Å². The molecule has 0 aliphatic carbocycles.